The molecule has 0 aliphatic heterocycles. The highest BCUT2D eigenvalue weighted by molar-refractivity contribution is 5.30. The Hall–Kier alpha value is -2.47. The Morgan fingerprint density at radius 3 is 2.80 bits per heavy atom. The molecule has 0 fully saturated rings. The van der Waals surface area contributed by atoms with Crippen LogP contribution in [0.25, 0.3) is 5.69 Å². The minimum absolute atomic E-state index is 0.614. The van der Waals surface area contributed by atoms with E-state index >= 15 is 0 Å². The van der Waals surface area contributed by atoms with E-state index in [1.165, 1.54) is 0 Å². The summed E-state index contributed by atoms with van der Waals surface area (Å²) in [5, 5.41) is 15.1. The molecule has 0 unspecified atom stereocenters. The Bertz CT molecular complexity index is 633. The summed E-state index contributed by atoms with van der Waals surface area (Å²) in [7, 11) is 0. The van der Waals surface area contributed by atoms with Crippen molar-refractivity contribution >= 4 is 0 Å². The first-order chi connectivity index (χ1) is 9.93. The third kappa shape index (κ3) is 2.92. The van der Waals surface area contributed by atoms with Crippen LogP contribution in [0.15, 0.2) is 53.1 Å². The van der Waals surface area contributed by atoms with Crippen LogP contribution in [0.5, 0.6) is 0 Å². The minimum atomic E-state index is 0.614. The second-order valence-corrected chi connectivity index (χ2v) is 4.35. The van der Waals surface area contributed by atoms with Crippen LogP contribution in [0.4, 0.5) is 0 Å². The van der Waals surface area contributed by atoms with Crippen LogP contribution < -0.4 is 5.32 Å². The first-order valence-corrected chi connectivity index (χ1v) is 6.49. The molecule has 6 heteroatoms. The molecule has 0 aliphatic rings. The molecule has 0 radical (unpaired) electrons. The maximum Gasteiger partial charge on any atom is 0.170 e. The zero-order chi connectivity index (χ0) is 13.6. The molecule has 2 aromatic heterocycles. The maximum absolute atomic E-state index is 5.28. The molecular weight excluding hydrogens is 254 g/mol. The summed E-state index contributed by atoms with van der Waals surface area (Å²) in [4.78, 5) is 0. The first kappa shape index (κ1) is 12.6. The fourth-order valence-corrected chi connectivity index (χ4v) is 1.95. The summed E-state index contributed by atoms with van der Waals surface area (Å²) in [5.41, 5.74) is 0.959. The van der Waals surface area contributed by atoms with Crippen LogP contribution in [-0.2, 0) is 13.0 Å². The number of para-hydroxylation sites is 1. The highest BCUT2D eigenvalue weighted by Gasteiger charge is 2.07. The van der Waals surface area contributed by atoms with E-state index in [9.17, 15) is 0 Å². The lowest BCUT2D eigenvalue weighted by Crippen LogP contribution is -2.19. The fourth-order valence-electron chi connectivity index (χ4n) is 1.95. The van der Waals surface area contributed by atoms with E-state index in [1.807, 2.05) is 42.5 Å². The van der Waals surface area contributed by atoms with Crippen molar-refractivity contribution in [2.75, 3.05) is 6.54 Å². The van der Waals surface area contributed by atoms with Crippen molar-refractivity contribution in [3.8, 4) is 5.69 Å². The second kappa shape index (κ2) is 6.12. The minimum Gasteiger partial charge on any atom is -0.469 e. The van der Waals surface area contributed by atoms with E-state index in [1.54, 1.807) is 10.9 Å². The van der Waals surface area contributed by atoms with Crippen molar-refractivity contribution in [2.24, 2.45) is 0 Å². The van der Waals surface area contributed by atoms with Gasteiger partial charge in [-0.2, -0.15) is 4.68 Å². The number of nitrogens with one attached hydrogen (secondary N) is 1. The summed E-state index contributed by atoms with van der Waals surface area (Å²) in [6, 6.07) is 13.7. The van der Waals surface area contributed by atoms with Gasteiger partial charge in [-0.15, -0.1) is 5.10 Å². The highest BCUT2D eigenvalue weighted by atomic mass is 16.3. The van der Waals surface area contributed by atoms with Gasteiger partial charge in [0.15, 0.2) is 5.82 Å². The largest absolute Gasteiger partial charge is 0.469 e. The van der Waals surface area contributed by atoms with Gasteiger partial charge in [-0.25, -0.2) is 0 Å². The van der Waals surface area contributed by atoms with E-state index < -0.39 is 0 Å². The number of aromatic nitrogens is 4. The standard InChI is InChI=1S/C14H15N5O/c1-2-5-12(6-3-1)19-14(16-17-18-19)11-15-9-8-13-7-4-10-20-13/h1-7,10,15H,8-9,11H2. The number of nitrogens with zero attached hydrogens (tertiary/aromatic N) is 4. The predicted octanol–water partition coefficient (Wildman–Crippen LogP) is 1.59. The molecule has 2 heterocycles. The van der Waals surface area contributed by atoms with Gasteiger partial charge in [-0.3, -0.25) is 0 Å². The molecule has 102 valence electrons. The molecule has 0 saturated carbocycles. The zero-order valence-corrected chi connectivity index (χ0v) is 10.9. The van der Waals surface area contributed by atoms with Gasteiger partial charge in [0.05, 0.1) is 18.5 Å². The van der Waals surface area contributed by atoms with Crippen LogP contribution in [0, 0.1) is 0 Å². The smallest absolute Gasteiger partial charge is 0.170 e. The molecular formula is C14H15N5O. The van der Waals surface area contributed by atoms with Crippen molar-refractivity contribution in [3.63, 3.8) is 0 Å². The summed E-state index contributed by atoms with van der Waals surface area (Å²) >= 11 is 0. The maximum atomic E-state index is 5.28. The van der Waals surface area contributed by atoms with Crippen LogP contribution >= 0.6 is 0 Å². The lowest BCUT2D eigenvalue weighted by atomic mass is 10.3. The van der Waals surface area contributed by atoms with E-state index in [-0.39, 0.29) is 0 Å². The van der Waals surface area contributed by atoms with E-state index in [0.717, 1.165) is 30.2 Å². The van der Waals surface area contributed by atoms with Gasteiger partial charge < -0.3 is 9.73 Å². The normalized spacial score (nSPS) is 10.8. The van der Waals surface area contributed by atoms with Crippen LogP contribution in [-0.4, -0.2) is 26.8 Å². The molecule has 1 N–H and O–H groups in total. The molecule has 0 atom stereocenters. The predicted molar refractivity (Wildman–Crippen MR) is 73.3 cm³/mol. The number of furan rings is 1. The molecule has 6 nitrogen and oxygen atoms in total. The molecule has 0 aliphatic carbocycles. The van der Waals surface area contributed by atoms with E-state index in [0.29, 0.717) is 6.54 Å². The summed E-state index contributed by atoms with van der Waals surface area (Å²) in [5.74, 6) is 1.76. The average Bonchev–Trinajstić information content (AvgIpc) is 3.16. The number of hydrogen-bond acceptors (Lipinski definition) is 5. The highest BCUT2D eigenvalue weighted by Crippen LogP contribution is 2.06. The molecule has 0 bridgehead atoms. The molecule has 3 aromatic rings. The Labute approximate surface area is 116 Å². The molecule has 20 heavy (non-hydrogen) atoms. The number of rotatable bonds is 6. The molecule has 1 aromatic carbocycles. The van der Waals surface area contributed by atoms with E-state index in [4.69, 9.17) is 4.42 Å². The van der Waals surface area contributed by atoms with E-state index in [2.05, 4.69) is 20.8 Å². The summed E-state index contributed by atoms with van der Waals surface area (Å²) in [6.45, 7) is 1.43. The Kier molecular flexibility index (Phi) is 3.84. The number of tetrazole rings is 1. The Morgan fingerprint density at radius 1 is 1.10 bits per heavy atom. The summed E-state index contributed by atoms with van der Waals surface area (Å²) in [6.07, 6.45) is 2.53. The van der Waals surface area contributed by atoms with Gasteiger partial charge in [0, 0.05) is 13.0 Å². The van der Waals surface area contributed by atoms with Crippen molar-refractivity contribution in [3.05, 3.63) is 60.3 Å². The third-order valence-electron chi connectivity index (χ3n) is 2.95. The van der Waals surface area contributed by atoms with Crippen molar-refractivity contribution in [2.45, 2.75) is 13.0 Å². The zero-order valence-electron chi connectivity index (χ0n) is 10.9. The fraction of sp³-hybridized carbons (Fsp3) is 0.214. The Morgan fingerprint density at radius 2 is 2.00 bits per heavy atom. The number of hydrogen-bond donors (Lipinski definition) is 1. The van der Waals surface area contributed by atoms with Gasteiger partial charge >= 0.3 is 0 Å². The lowest BCUT2D eigenvalue weighted by Gasteiger charge is -2.05. The monoisotopic (exact) mass is 269 g/mol. The Balaban J connectivity index is 1.57. The van der Waals surface area contributed by atoms with Crippen LogP contribution in [0.1, 0.15) is 11.6 Å². The molecule has 0 spiro atoms. The first-order valence-electron chi connectivity index (χ1n) is 6.49. The van der Waals surface area contributed by atoms with Crippen molar-refractivity contribution < 1.29 is 4.42 Å². The van der Waals surface area contributed by atoms with Gasteiger partial charge in [0.2, 0.25) is 0 Å². The molecule has 0 saturated heterocycles. The second-order valence-electron chi connectivity index (χ2n) is 4.35. The molecule has 0 amide bonds. The quantitative estimate of drug-likeness (QED) is 0.688. The van der Waals surface area contributed by atoms with Crippen molar-refractivity contribution in [1.82, 2.24) is 25.5 Å². The summed E-state index contributed by atoms with van der Waals surface area (Å²) < 4.78 is 7.01. The number of benzene rings is 1. The molecule has 3 rings (SSSR count). The lowest BCUT2D eigenvalue weighted by molar-refractivity contribution is 0.496. The average molecular weight is 269 g/mol. The van der Waals surface area contributed by atoms with Crippen LogP contribution in [0.2, 0.25) is 0 Å². The van der Waals surface area contributed by atoms with Crippen molar-refractivity contribution in [1.29, 1.82) is 0 Å². The topological polar surface area (TPSA) is 68.8 Å². The van der Waals surface area contributed by atoms with Gasteiger partial charge in [-0.05, 0) is 34.7 Å². The SMILES string of the molecule is c1ccc(-n2nnnc2CNCCc2ccco2)cc1. The van der Waals surface area contributed by atoms with Gasteiger partial charge in [0.25, 0.3) is 0 Å². The van der Waals surface area contributed by atoms with Crippen LogP contribution in [0.3, 0.4) is 0 Å². The van der Waals surface area contributed by atoms with Gasteiger partial charge in [-0.1, -0.05) is 18.2 Å². The third-order valence-corrected chi connectivity index (χ3v) is 2.95. The van der Waals surface area contributed by atoms with Gasteiger partial charge in [0.1, 0.15) is 5.76 Å².